The third-order valence-electron chi connectivity index (χ3n) is 5.24. The van der Waals surface area contributed by atoms with Gasteiger partial charge in [0.25, 0.3) is 0 Å². The highest BCUT2D eigenvalue weighted by atomic mass is 19.1. The largest absolute Gasteiger partial charge is 0.490 e. The molecule has 0 aliphatic carbocycles. The number of aromatic nitrogens is 1. The lowest BCUT2D eigenvalue weighted by molar-refractivity contribution is 0.292. The molecule has 4 heteroatoms. The summed E-state index contributed by atoms with van der Waals surface area (Å²) >= 11 is 0. The zero-order valence-corrected chi connectivity index (χ0v) is 17.7. The van der Waals surface area contributed by atoms with Gasteiger partial charge >= 0.3 is 0 Å². The van der Waals surface area contributed by atoms with E-state index in [-0.39, 0.29) is 5.82 Å². The van der Waals surface area contributed by atoms with Gasteiger partial charge in [-0.05, 0) is 48.6 Å². The Morgan fingerprint density at radius 1 is 0.690 bits per heavy atom. The van der Waals surface area contributed by atoms with Gasteiger partial charge in [0, 0.05) is 16.8 Å². The second kappa shape index (κ2) is 11.0. The molecule has 3 rings (SSSR count). The van der Waals surface area contributed by atoms with Crippen LogP contribution in [0.4, 0.5) is 4.39 Å². The molecule has 1 aromatic heterocycles. The highest BCUT2D eigenvalue weighted by Gasteiger charge is 2.12. The summed E-state index contributed by atoms with van der Waals surface area (Å²) in [4.78, 5) is 4.60. The summed E-state index contributed by atoms with van der Waals surface area (Å²) in [6.07, 6.45) is 9.10. The summed E-state index contributed by atoms with van der Waals surface area (Å²) in [6, 6.07) is 11.1. The van der Waals surface area contributed by atoms with Crippen molar-refractivity contribution in [3.63, 3.8) is 0 Å². The third-order valence-corrected chi connectivity index (χ3v) is 5.24. The van der Waals surface area contributed by atoms with Crippen LogP contribution in [-0.4, -0.2) is 18.2 Å². The molecule has 1 heterocycles. The summed E-state index contributed by atoms with van der Waals surface area (Å²) in [5, 5.41) is 2.34. The molecule has 3 nitrogen and oxygen atoms in total. The smallest absolute Gasteiger partial charge is 0.213 e. The van der Waals surface area contributed by atoms with Crippen molar-refractivity contribution in [1.29, 1.82) is 0 Å². The fourth-order valence-electron chi connectivity index (χ4n) is 3.55. The zero-order chi connectivity index (χ0) is 20.5. The molecule has 0 fully saturated rings. The van der Waals surface area contributed by atoms with E-state index < -0.39 is 0 Å². The highest BCUT2D eigenvalue weighted by Crippen LogP contribution is 2.32. The number of nitrogens with zero attached hydrogens (tertiary/aromatic N) is 1. The van der Waals surface area contributed by atoms with E-state index >= 15 is 0 Å². The molecule has 3 aromatic rings. The first kappa shape index (κ1) is 21.4. The van der Waals surface area contributed by atoms with Crippen LogP contribution in [0.15, 0.2) is 36.4 Å². The molecule has 0 aliphatic heterocycles. The number of fused-ring (bicyclic) bond motifs is 3. The summed E-state index contributed by atoms with van der Waals surface area (Å²) in [5.74, 6) is 0.658. The number of rotatable bonds is 12. The number of halogens is 1. The van der Waals surface area contributed by atoms with Crippen molar-refractivity contribution in [3.8, 4) is 11.6 Å². The predicted octanol–water partition coefficient (Wildman–Crippen LogP) is 7.45. The maximum atomic E-state index is 14.9. The number of pyridine rings is 1. The SMILES string of the molecule is CCCCCCOc1ccc2c(ccc3c(F)c(OCCCCCC)ccc32)n1. The van der Waals surface area contributed by atoms with Crippen LogP contribution < -0.4 is 9.47 Å². The van der Waals surface area contributed by atoms with Gasteiger partial charge in [0.15, 0.2) is 11.6 Å². The zero-order valence-electron chi connectivity index (χ0n) is 17.7. The van der Waals surface area contributed by atoms with Crippen molar-refractivity contribution in [2.45, 2.75) is 65.2 Å². The van der Waals surface area contributed by atoms with Gasteiger partial charge in [-0.25, -0.2) is 9.37 Å². The van der Waals surface area contributed by atoms with E-state index in [9.17, 15) is 4.39 Å². The van der Waals surface area contributed by atoms with Crippen LogP contribution in [0.2, 0.25) is 0 Å². The molecule has 29 heavy (non-hydrogen) atoms. The van der Waals surface area contributed by atoms with Crippen LogP contribution in [0.1, 0.15) is 65.2 Å². The molecular weight excluding hydrogens is 365 g/mol. The van der Waals surface area contributed by atoms with Gasteiger partial charge < -0.3 is 9.47 Å². The van der Waals surface area contributed by atoms with Gasteiger partial charge in [0.05, 0.1) is 18.7 Å². The van der Waals surface area contributed by atoms with Gasteiger partial charge in [-0.1, -0.05) is 52.4 Å². The lowest BCUT2D eigenvalue weighted by Gasteiger charge is -2.11. The van der Waals surface area contributed by atoms with E-state index in [0.717, 1.165) is 35.6 Å². The van der Waals surface area contributed by atoms with Crippen LogP contribution in [0, 0.1) is 5.82 Å². The molecule has 0 N–H and O–H groups in total. The Balaban J connectivity index is 1.72. The summed E-state index contributed by atoms with van der Waals surface area (Å²) in [5.41, 5.74) is 0.816. The summed E-state index contributed by atoms with van der Waals surface area (Å²) < 4.78 is 26.4. The maximum absolute atomic E-state index is 14.9. The minimum absolute atomic E-state index is 0.295. The van der Waals surface area contributed by atoms with E-state index in [4.69, 9.17) is 9.47 Å². The van der Waals surface area contributed by atoms with E-state index in [2.05, 4.69) is 18.8 Å². The minimum atomic E-state index is -0.295. The lowest BCUT2D eigenvalue weighted by Crippen LogP contribution is -2.00. The average molecular weight is 398 g/mol. The minimum Gasteiger partial charge on any atom is -0.490 e. The number of hydrogen-bond acceptors (Lipinski definition) is 3. The van der Waals surface area contributed by atoms with Gasteiger partial charge in [-0.2, -0.15) is 0 Å². The van der Waals surface area contributed by atoms with Crippen LogP contribution >= 0.6 is 0 Å². The normalized spacial score (nSPS) is 11.3. The second-order valence-electron chi connectivity index (χ2n) is 7.57. The van der Waals surface area contributed by atoms with Crippen molar-refractivity contribution in [2.24, 2.45) is 0 Å². The van der Waals surface area contributed by atoms with Crippen molar-refractivity contribution in [1.82, 2.24) is 4.98 Å². The molecule has 0 atom stereocenters. The van der Waals surface area contributed by atoms with Crippen molar-refractivity contribution < 1.29 is 13.9 Å². The fourth-order valence-corrected chi connectivity index (χ4v) is 3.55. The maximum Gasteiger partial charge on any atom is 0.213 e. The van der Waals surface area contributed by atoms with Gasteiger partial charge in [0.2, 0.25) is 5.88 Å². The number of hydrogen-bond donors (Lipinski definition) is 0. The standard InChI is InChI=1S/C25H32FNO2/c1-3-5-7-9-17-28-23-15-12-19-20-13-16-24(29-18-10-8-6-4-2)27-22(20)14-11-21(19)25(23)26/h11-16H,3-10,17-18H2,1-2H3. The van der Waals surface area contributed by atoms with Crippen molar-refractivity contribution >= 4 is 21.7 Å². The molecule has 0 saturated heterocycles. The number of benzene rings is 2. The van der Waals surface area contributed by atoms with Crippen LogP contribution in [0.3, 0.4) is 0 Å². The van der Waals surface area contributed by atoms with Gasteiger partial charge in [-0.3, -0.25) is 0 Å². The molecule has 0 saturated carbocycles. The number of ether oxygens (including phenoxy) is 2. The molecule has 0 aliphatic rings. The van der Waals surface area contributed by atoms with Crippen LogP contribution in [-0.2, 0) is 0 Å². The molecule has 0 radical (unpaired) electrons. The average Bonchev–Trinajstić information content (AvgIpc) is 2.74. The number of unbranched alkanes of at least 4 members (excludes halogenated alkanes) is 6. The highest BCUT2D eigenvalue weighted by molar-refractivity contribution is 6.06. The van der Waals surface area contributed by atoms with E-state index in [0.29, 0.717) is 30.2 Å². The Morgan fingerprint density at radius 2 is 1.34 bits per heavy atom. The third kappa shape index (κ3) is 5.59. The Kier molecular flexibility index (Phi) is 8.09. The summed E-state index contributed by atoms with van der Waals surface area (Å²) in [6.45, 7) is 5.60. The first-order valence-electron chi connectivity index (χ1n) is 11.0. The predicted molar refractivity (Wildman–Crippen MR) is 118 cm³/mol. The molecule has 0 spiro atoms. The Hall–Kier alpha value is -2.36. The van der Waals surface area contributed by atoms with E-state index in [1.165, 1.54) is 32.1 Å². The van der Waals surface area contributed by atoms with Crippen molar-refractivity contribution in [3.05, 3.63) is 42.2 Å². The Bertz CT molecular complexity index is 925. The fraction of sp³-hybridized carbons (Fsp3) is 0.480. The van der Waals surface area contributed by atoms with E-state index in [1.54, 1.807) is 12.1 Å². The molecule has 156 valence electrons. The van der Waals surface area contributed by atoms with E-state index in [1.807, 2.05) is 24.3 Å². The van der Waals surface area contributed by atoms with Crippen molar-refractivity contribution in [2.75, 3.05) is 13.2 Å². The Labute approximate surface area is 173 Å². The molecule has 2 aromatic carbocycles. The molecule has 0 bridgehead atoms. The molecule has 0 unspecified atom stereocenters. The molecular formula is C25H32FNO2. The van der Waals surface area contributed by atoms with Gasteiger partial charge in [-0.15, -0.1) is 0 Å². The van der Waals surface area contributed by atoms with Gasteiger partial charge in [0.1, 0.15) is 0 Å². The quantitative estimate of drug-likeness (QED) is 0.235. The summed E-state index contributed by atoms with van der Waals surface area (Å²) in [7, 11) is 0. The monoisotopic (exact) mass is 397 g/mol. The van der Waals surface area contributed by atoms with Crippen LogP contribution in [0.5, 0.6) is 11.6 Å². The first-order valence-corrected chi connectivity index (χ1v) is 11.0. The first-order chi connectivity index (χ1) is 14.2. The van der Waals surface area contributed by atoms with Crippen LogP contribution in [0.25, 0.3) is 21.7 Å². The Morgan fingerprint density at radius 3 is 2.07 bits per heavy atom. The topological polar surface area (TPSA) is 31.4 Å². The molecule has 0 amide bonds. The lowest BCUT2D eigenvalue weighted by atomic mass is 10.0. The second-order valence-corrected chi connectivity index (χ2v) is 7.57.